The van der Waals surface area contributed by atoms with Gasteiger partial charge in [-0.2, -0.15) is 0 Å². The van der Waals surface area contributed by atoms with Gasteiger partial charge in [-0.05, 0) is 12.1 Å². The standard InChI is InChI=1S/C12H8N6/c1-3-14-11(15-4-1)9-7-13-8-18-10(9)12-16-5-2-6-17-12/h1-8H. The first kappa shape index (κ1) is 10.4. The van der Waals surface area contributed by atoms with Crippen molar-refractivity contribution in [3.8, 4) is 22.9 Å². The van der Waals surface area contributed by atoms with Gasteiger partial charge in [0, 0.05) is 31.0 Å². The Kier molecular flexibility index (Phi) is 2.67. The minimum Gasteiger partial charge on any atom is -0.244 e. The van der Waals surface area contributed by atoms with Gasteiger partial charge >= 0.3 is 0 Å². The fourth-order valence-corrected chi connectivity index (χ4v) is 1.53. The molecule has 6 heteroatoms. The fourth-order valence-electron chi connectivity index (χ4n) is 1.53. The van der Waals surface area contributed by atoms with Gasteiger partial charge in [0.05, 0.1) is 5.56 Å². The normalized spacial score (nSPS) is 10.2. The molecule has 3 heterocycles. The third-order valence-corrected chi connectivity index (χ3v) is 2.30. The summed E-state index contributed by atoms with van der Waals surface area (Å²) in [6.07, 6.45) is 9.79. The average molecular weight is 236 g/mol. The van der Waals surface area contributed by atoms with Crippen LogP contribution in [0.3, 0.4) is 0 Å². The third-order valence-electron chi connectivity index (χ3n) is 2.30. The summed E-state index contributed by atoms with van der Waals surface area (Å²) in [5, 5.41) is 0. The van der Waals surface area contributed by atoms with Crippen LogP contribution in [0.1, 0.15) is 0 Å². The van der Waals surface area contributed by atoms with Gasteiger partial charge in [0.1, 0.15) is 12.0 Å². The van der Waals surface area contributed by atoms with E-state index < -0.39 is 0 Å². The Morgan fingerprint density at radius 1 is 0.667 bits per heavy atom. The zero-order valence-corrected chi connectivity index (χ0v) is 9.30. The Morgan fingerprint density at radius 3 is 1.94 bits per heavy atom. The van der Waals surface area contributed by atoms with Crippen LogP contribution in [-0.2, 0) is 0 Å². The fraction of sp³-hybridized carbons (Fsp3) is 0. The lowest BCUT2D eigenvalue weighted by Gasteiger charge is -2.04. The molecule has 0 bridgehead atoms. The van der Waals surface area contributed by atoms with Crippen LogP contribution in [0.15, 0.2) is 49.4 Å². The van der Waals surface area contributed by atoms with Crippen molar-refractivity contribution in [2.75, 3.05) is 0 Å². The molecule has 18 heavy (non-hydrogen) atoms. The highest BCUT2D eigenvalue weighted by molar-refractivity contribution is 5.72. The molecule has 0 saturated carbocycles. The molecule has 6 nitrogen and oxygen atoms in total. The van der Waals surface area contributed by atoms with Crippen molar-refractivity contribution in [2.24, 2.45) is 0 Å². The lowest BCUT2D eigenvalue weighted by molar-refractivity contribution is 1.08. The van der Waals surface area contributed by atoms with Gasteiger partial charge in [-0.25, -0.2) is 29.9 Å². The van der Waals surface area contributed by atoms with Gasteiger partial charge in [-0.15, -0.1) is 0 Å². The molecule has 0 N–H and O–H groups in total. The van der Waals surface area contributed by atoms with Crippen LogP contribution in [0.4, 0.5) is 0 Å². The maximum Gasteiger partial charge on any atom is 0.178 e. The molecule has 0 aliphatic carbocycles. The van der Waals surface area contributed by atoms with E-state index >= 15 is 0 Å². The van der Waals surface area contributed by atoms with Crippen molar-refractivity contribution in [2.45, 2.75) is 0 Å². The lowest BCUT2D eigenvalue weighted by Crippen LogP contribution is -1.97. The van der Waals surface area contributed by atoms with E-state index in [9.17, 15) is 0 Å². The van der Waals surface area contributed by atoms with Crippen molar-refractivity contribution >= 4 is 0 Å². The molecule has 0 saturated heterocycles. The first-order chi connectivity index (χ1) is 8.95. The summed E-state index contributed by atoms with van der Waals surface area (Å²) in [6, 6.07) is 3.51. The van der Waals surface area contributed by atoms with Gasteiger partial charge in [-0.3, -0.25) is 0 Å². The van der Waals surface area contributed by atoms with Crippen LogP contribution in [0.25, 0.3) is 22.9 Å². The molecule has 0 atom stereocenters. The maximum atomic E-state index is 4.21. The first-order valence-corrected chi connectivity index (χ1v) is 5.30. The van der Waals surface area contributed by atoms with E-state index in [1.165, 1.54) is 6.33 Å². The highest BCUT2D eigenvalue weighted by atomic mass is 14.9. The first-order valence-electron chi connectivity index (χ1n) is 5.30. The quantitative estimate of drug-likeness (QED) is 0.669. The molecule has 0 amide bonds. The summed E-state index contributed by atoms with van der Waals surface area (Å²) in [4.78, 5) is 24.9. The van der Waals surface area contributed by atoms with E-state index in [1.807, 2.05) is 0 Å². The number of hydrogen-bond acceptors (Lipinski definition) is 6. The van der Waals surface area contributed by atoms with Crippen LogP contribution in [-0.4, -0.2) is 29.9 Å². The second kappa shape index (κ2) is 4.62. The zero-order valence-electron chi connectivity index (χ0n) is 9.30. The minimum absolute atomic E-state index is 0.530. The molecule has 3 rings (SSSR count). The van der Waals surface area contributed by atoms with Crippen molar-refractivity contribution in [3.63, 3.8) is 0 Å². The van der Waals surface area contributed by atoms with Gasteiger partial charge in [0.25, 0.3) is 0 Å². The molecule has 0 aliphatic rings. The van der Waals surface area contributed by atoms with Crippen molar-refractivity contribution in [1.29, 1.82) is 0 Å². The largest absolute Gasteiger partial charge is 0.244 e. The zero-order chi connectivity index (χ0) is 12.2. The Bertz CT molecular complexity index is 582. The average Bonchev–Trinajstić information content (AvgIpc) is 2.49. The van der Waals surface area contributed by atoms with Crippen LogP contribution in [0.2, 0.25) is 0 Å². The Hall–Kier alpha value is -2.76. The smallest absolute Gasteiger partial charge is 0.178 e. The van der Waals surface area contributed by atoms with E-state index in [4.69, 9.17) is 0 Å². The molecule has 0 spiro atoms. The maximum absolute atomic E-state index is 4.21. The molecule has 0 fully saturated rings. The van der Waals surface area contributed by atoms with E-state index in [0.717, 1.165) is 0 Å². The van der Waals surface area contributed by atoms with Crippen LogP contribution in [0, 0.1) is 0 Å². The molecule has 0 unspecified atom stereocenters. The molecule has 3 aromatic rings. The van der Waals surface area contributed by atoms with Crippen LogP contribution >= 0.6 is 0 Å². The summed E-state index contributed by atoms with van der Waals surface area (Å²) in [7, 11) is 0. The lowest BCUT2D eigenvalue weighted by atomic mass is 10.2. The molecule has 3 aromatic heterocycles. The van der Waals surface area contributed by atoms with Crippen molar-refractivity contribution in [3.05, 3.63) is 49.4 Å². The number of rotatable bonds is 2. The number of aromatic nitrogens is 6. The van der Waals surface area contributed by atoms with Gasteiger partial charge in [0.15, 0.2) is 11.6 Å². The van der Waals surface area contributed by atoms with E-state index in [-0.39, 0.29) is 0 Å². The topological polar surface area (TPSA) is 77.3 Å². The summed E-state index contributed by atoms with van der Waals surface area (Å²) >= 11 is 0. The van der Waals surface area contributed by atoms with Gasteiger partial charge in [-0.1, -0.05) is 0 Å². The Labute approximate surface area is 103 Å². The third kappa shape index (κ3) is 1.91. The molecular formula is C12H8N6. The number of hydrogen-bond donors (Lipinski definition) is 0. The predicted octanol–water partition coefficient (Wildman–Crippen LogP) is 1.39. The van der Waals surface area contributed by atoms with Crippen molar-refractivity contribution < 1.29 is 0 Å². The van der Waals surface area contributed by atoms with E-state index in [2.05, 4.69) is 29.9 Å². The molecule has 0 aliphatic heterocycles. The second-order valence-corrected chi connectivity index (χ2v) is 3.43. The van der Waals surface area contributed by atoms with E-state index in [1.54, 1.807) is 43.1 Å². The summed E-state index contributed by atoms with van der Waals surface area (Å²) in [5.41, 5.74) is 1.33. The highest BCUT2D eigenvalue weighted by Gasteiger charge is 2.12. The van der Waals surface area contributed by atoms with Crippen molar-refractivity contribution in [1.82, 2.24) is 29.9 Å². The molecule has 86 valence electrons. The monoisotopic (exact) mass is 236 g/mol. The molecular weight excluding hydrogens is 228 g/mol. The highest BCUT2D eigenvalue weighted by Crippen LogP contribution is 2.23. The Balaban J connectivity index is 2.18. The van der Waals surface area contributed by atoms with Crippen LogP contribution in [0.5, 0.6) is 0 Å². The Morgan fingerprint density at radius 2 is 1.28 bits per heavy atom. The number of nitrogens with zero attached hydrogens (tertiary/aromatic N) is 6. The van der Waals surface area contributed by atoms with Gasteiger partial charge in [0.2, 0.25) is 0 Å². The summed E-state index contributed by atoms with van der Waals surface area (Å²) < 4.78 is 0. The van der Waals surface area contributed by atoms with Crippen LogP contribution < -0.4 is 0 Å². The SMILES string of the molecule is c1cnc(-c2cncnc2-c2ncccn2)nc1. The second-order valence-electron chi connectivity index (χ2n) is 3.43. The van der Waals surface area contributed by atoms with E-state index in [0.29, 0.717) is 22.9 Å². The van der Waals surface area contributed by atoms with Gasteiger partial charge < -0.3 is 0 Å². The summed E-state index contributed by atoms with van der Waals surface area (Å²) in [5.74, 6) is 1.09. The molecule has 0 aromatic carbocycles. The molecule has 0 radical (unpaired) electrons. The minimum atomic E-state index is 0.530. The summed E-state index contributed by atoms with van der Waals surface area (Å²) in [6.45, 7) is 0. The predicted molar refractivity (Wildman–Crippen MR) is 64.1 cm³/mol.